The molecule has 0 fully saturated rings. The van der Waals surface area contributed by atoms with Crippen LogP contribution in [0.15, 0.2) is 60.9 Å². The van der Waals surface area contributed by atoms with Gasteiger partial charge in [-0.1, -0.05) is 37.3 Å². The summed E-state index contributed by atoms with van der Waals surface area (Å²) < 4.78 is 5.28. The molecule has 3 N–H and O–H groups in total. The van der Waals surface area contributed by atoms with E-state index in [0.717, 1.165) is 27.4 Å². The third kappa shape index (κ3) is 2.71. The molecule has 2 atom stereocenters. The molecular weight excluding hydrogens is 340 g/mol. The highest BCUT2D eigenvalue weighted by Gasteiger charge is 2.46. The molecule has 138 valence electrons. The number of carbonyl (C=O) groups excluding carboxylic acids is 1. The van der Waals surface area contributed by atoms with E-state index < -0.39 is 17.5 Å². The number of aliphatic hydroxyl groups is 1. The summed E-state index contributed by atoms with van der Waals surface area (Å²) in [4.78, 5) is 19.3. The molecule has 0 aliphatic heterocycles. The first-order valence-electron chi connectivity index (χ1n) is 9.09. The van der Waals surface area contributed by atoms with Crippen molar-refractivity contribution in [1.29, 1.82) is 0 Å². The second-order valence-corrected chi connectivity index (χ2v) is 6.78. The number of benzene rings is 2. The van der Waals surface area contributed by atoms with E-state index in [1.165, 1.54) is 0 Å². The molecule has 2 aromatic carbocycles. The lowest BCUT2D eigenvalue weighted by Gasteiger charge is -2.32. The number of H-pyrrole nitrogens is 2. The standard InChI is InChI=1S/C22H22N2O3/c1-3-27-21(25)22(26,16-9-8-15-10-11-23-20(15)12-16)14(2)18-13-24-19-7-5-4-6-17(18)19/h4-14,23-24,26H,3H2,1-2H3/t14-,22+/m0/s1. The number of ether oxygens (including phenoxy) is 1. The summed E-state index contributed by atoms with van der Waals surface area (Å²) in [5.74, 6) is -1.16. The van der Waals surface area contributed by atoms with Crippen LogP contribution in [0.5, 0.6) is 0 Å². The Morgan fingerprint density at radius 2 is 1.96 bits per heavy atom. The van der Waals surface area contributed by atoms with Gasteiger partial charge in [-0.2, -0.15) is 0 Å². The van der Waals surface area contributed by atoms with Crippen LogP contribution >= 0.6 is 0 Å². The number of rotatable bonds is 5. The molecule has 2 aromatic heterocycles. The summed E-state index contributed by atoms with van der Waals surface area (Å²) in [6.45, 7) is 3.79. The molecule has 4 aromatic rings. The fourth-order valence-corrected chi connectivity index (χ4v) is 3.75. The van der Waals surface area contributed by atoms with Gasteiger partial charge in [-0.3, -0.25) is 0 Å². The number of hydrogen-bond acceptors (Lipinski definition) is 3. The van der Waals surface area contributed by atoms with Crippen LogP contribution in [-0.2, 0) is 15.1 Å². The van der Waals surface area contributed by atoms with E-state index in [1.54, 1.807) is 13.0 Å². The highest BCUT2D eigenvalue weighted by Crippen LogP contribution is 2.41. The largest absolute Gasteiger partial charge is 0.464 e. The Labute approximate surface area is 157 Å². The average molecular weight is 362 g/mol. The second kappa shape index (κ2) is 6.59. The summed E-state index contributed by atoms with van der Waals surface area (Å²) in [5, 5.41) is 13.7. The van der Waals surface area contributed by atoms with Gasteiger partial charge in [-0.15, -0.1) is 0 Å². The number of nitrogens with one attached hydrogen (secondary N) is 2. The highest BCUT2D eigenvalue weighted by atomic mass is 16.5. The first-order valence-corrected chi connectivity index (χ1v) is 9.09. The van der Waals surface area contributed by atoms with Gasteiger partial charge in [0, 0.05) is 34.7 Å². The van der Waals surface area contributed by atoms with Crippen LogP contribution in [0.2, 0.25) is 0 Å². The van der Waals surface area contributed by atoms with E-state index in [0.29, 0.717) is 5.56 Å². The lowest BCUT2D eigenvalue weighted by atomic mass is 9.78. The molecule has 0 amide bonds. The summed E-state index contributed by atoms with van der Waals surface area (Å²) >= 11 is 0. The lowest BCUT2D eigenvalue weighted by Crippen LogP contribution is -2.42. The van der Waals surface area contributed by atoms with Crippen molar-refractivity contribution in [2.24, 2.45) is 0 Å². The minimum atomic E-state index is -1.81. The molecule has 0 radical (unpaired) electrons. The third-order valence-corrected chi connectivity index (χ3v) is 5.30. The van der Waals surface area contributed by atoms with Crippen molar-refractivity contribution in [2.75, 3.05) is 6.61 Å². The predicted molar refractivity (Wildman–Crippen MR) is 106 cm³/mol. The van der Waals surface area contributed by atoms with Gasteiger partial charge in [-0.05, 0) is 41.6 Å². The quantitative estimate of drug-likeness (QED) is 0.466. The number of aromatic nitrogens is 2. The number of esters is 1. The fourth-order valence-electron chi connectivity index (χ4n) is 3.75. The van der Waals surface area contributed by atoms with Crippen LogP contribution in [0.3, 0.4) is 0 Å². The van der Waals surface area contributed by atoms with E-state index >= 15 is 0 Å². The van der Waals surface area contributed by atoms with E-state index in [1.807, 2.05) is 61.8 Å². The number of aromatic amines is 2. The van der Waals surface area contributed by atoms with Crippen molar-refractivity contribution in [1.82, 2.24) is 9.97 Å². The maximum absolute atomic E-state index is 12.9. The van der Waals surface area contributed by atoms with E-state index in [4.69, 9.17) is 4.74 Å². The SMILES string of the molecule is CCOC(=O)[C@](O)(c1ccc2cc[nH]c2c1)[C@@H](C)c1c[nH]c2ccccc12. The summed E-state index contributed by atoms with van der Waals surface area (Å²) in [6.07, 6.45) is 3.69. The minimum Gasteiger partial charge on any atom is -0.464 e. The molecule has 2 heterocycles. The first kappa shape index (κ1) is 17.4. The van der Waals surface area contributed by atoms with Gasteiger partial charge in [0.2, 0.25) is 0 Å². The van der Waals surface area contributed by atoms with Crippen LogP contribution in [0.4, 0.5) is 0 Å². The molecule has 5 heteroatoms. The van der Waals surface area contributed by atoms with Crippen LogP contribution in [0.25, 0.3) is 21.8 Å². The summed E-state index contributed by atoms with van der Waals surface area (Å²) in [6, 6.07) is 15.3. The number of hydrogen-bond donors (Lipinski definition) is 3. The van der Waals surface area contributed by atoms with E-state index in [-0.39, 0.29) is 6.61 Å². The zero-order valence-electron chi connectivity index (χ0n) is 15.3. The topological polar surface area (TPSA) is 78.1 Å². The van der Waals surface area contributed by atoms with Gasteiger partial charge in [0.05, 0.1) is 6.61 Å². The number of fused-ring (bicyclic) bond motifs is 2. The van der Waals surface area contributed by atoms with Crippen molar-refractivity contribution in [3.05, 3.63) is 72.1 Å². The minimum absolute atomic E-state index is 0.201. The molecule has 0 saturated carbocycles. The maximum atomic E-state index is 12.9. The van der Waals surface area contributed by atoms with Gasteiger partial charge in [0.25, 0.3) is 0 Å². The van der Waals surface area contributed by atoms with E-state index in [9.17, 15) is 9.90 Å². The number of carbonyl (C=O) groups is 1. The Hall–Kier alpha value is -3.05. The van der Waals surface area contributed by atoms with Gasteiger partial charge in [0.15, 0.2) is 5.60 Å². The van der Waals surface area contributed by atoms with Crippen molar-refractivity contribution >= 4 is 27.8 Å². The average Bonchev–Trinajstić information content (AvgIpc) is 3.33. The highest BCUT2D eigenvalue weighted by molar-refractivity contribution is 5.89. The normalized spacial score (nSPS) is 14.9. The molecular formula is C22H22N2O3. The molecule has 5 nitrogen and oxygen atoms in total. The molecule has 0 unspecified atom stereocenters. The van der Waals surface area contributed by atoms with E-state index in [2.05, 4.69) is 9.97 Å². The summed E-state index contributed by atoms with van der Waals surface area (Å²) in [5.41, 5.74) is 1.40. The Balaban J connectivity index is 1.88. The molecule has 27 heavy (non-hydrogen) atoms. The van der Waals surface area contributed by atoms with Crippen molar-refractivity contribution < 1.29 is 14.6 Å². The van der Waals surface area contributed by atoms with Gasteiger partial charge in [-0.25, -0.2) is 4.79 Å². The fraction of sp³-hybridized carbons (Fsp3) is 0.227. The zero-order chi connectivity index (χ0) is 19.0. The van der Waals surface area contributed by atoms with Crippen LogP contribution in [0, 0.1) is 0 Å². The number of para-hydroxylation sites is 1. The smallest absolute Gasteiger partial charge is 0.343 e. The Morgan fingerprint density at radius 1 is 1.15 bits per heavy atom. The Morgan fingerprint density at radius 3 is 2.78 bits per heavy atom. The second-order valence-electron chi connectivity index (χ2n) is 6.78. The van der Waals surface area contributed by atoms with Crippen LogP contribution in [-0.4, -0.2) is 27.7 Å². The predicted octanol–water partition coefficient (Wildman–Crippen LogP) is 4.20. The molecule has 0 aliphatic carbocycles. The molecule has 0 bridgehead atoms. The molecule has 0 saturated heterocycles. The molecule has 0 aliphatic rings. The van der Waals surface area contributed by atoms with Crippen molar-refractivity contribution in [2.45, 2.75) is 25.4 Å². The zero-order valence-corrected chi connectivity index (χ0v) is 15.3. The first-order chi connectivity index (χ1) is 13.1. The summed E-state index contributed by atoms with van der Waals surface area (Å²) in [7, 11) is 0. The Bertz CT molecular complexity index is 1110. The van der Waals surface area contributed by atoms with Crippen LogP contribution < -0.4 is 0 Å². The Kier molecular flexibility index (Phi) is 4.24. The maximum Gasteiger partial charge on any atom is 0.343 e. The lowest BCUT2D eigenvalue weighted by molar-refractivity contribution is -0.168. The molecule has 4 rings (SSSR count). The van der Waals surface area contributed by atoms with Crippen molar-refractivity contribution in [3.8, 4) is 0 Å². The monoisotopic (exact) mass is 362 g/mol. The van der Waals surface area contributed by atoms with Crippen LogP contribution in [0.1, 0.15) is 30.9 Å². The van der Waals surface area contributed by atoms with Gasteiger partial charge < -0.3 is 19.8 Å². The third-order valence-electron chi connectivity index (χ3n) is 5.30. The van der Waals surface area contributed by atoms with Crippen molar-refractivity contribution in [3.63, 3.8) is 0 Å². The van der Waals surface area contributed by atoms with Gasteiger partial charge >= 0.3 is 5.97 Å². The molecule has 0 spiro atoms. The van der Waals surface area contributed by atoms with Gasteiger partial charge in [0.1, 0.15) is 0 Å².